The van der Waals surface area contributed by atoms with Gasteiger partial charge in [-0.3, -0.25) is 9.59 Å². The summed E-state index contributed by atoms with van der Waals surface area (Å²) in [6.45, 7) is 1.12. The number of Topliss-reactive ketones (excluding diaryl/α,β-unsaturated/α-hetero) is 1. The van der Waals surface area contributed by atoms with Crippen molar-refractivity contribution in [3.05, 3.63) is 88.6 Å². The predicted octanol–water partition coefficient (Wildman–Crippen LogP) is 4.64. The zero-order valence-corrected chi connectivity index (χ0v) is 22.5. The smallest absolute Gasteiger partial charge is 0.243 e. The molecule has 1 aromatic heterocycles. The number of benzene rings is 3. The lowest BCUT2D eigenvalue weighted by atomic mass is 10.1. The van der Waals surface area contributed by atoms with Crippen molar-refractivity contribution in [2.24, 2.45) is 0 Å². The Kier molecular flexibility index (Phi) is 7.72. The fourth-order valence-electron chi connectivity index (χ4n) is 4.34. The van der Waals surface area contributed by atoms with E-state index in [1.54, 1.807) is 36.4 Å². The van der Waals surface area contributed by atoms with E-state index in [1.165, 1.54) is 41.7 Å². The molecule has 2 heterocycles. The molecule has 0 radical (unpaired) electrons. The lowest BCUT2D eigenvalue weighted by molar-refractivity contribution is 0.0730. The third-order valence-electron chi connectivity index (χ3n) is 6.43. The summed E-state index contributed by atoms with van der Waals surface area (Å²) < 4.78 is 43.4. The van der Waals surface area contributed by atoms with Crippen LogP contribution in [0.5, 0.6) is 5.75 Å². The summed E-state index contributed by atoms with van der Waals surface area (Å²) >= 11 is 6.22. The van der Waals surface area contributed by atoms with E-state index in [9.17, 15) is 18.0 Å². The van der Waals surface area contributed by atoms with E-state index in [1.807, 2.05) is 0 Å². The van der Waals surface area contributed by atoms with Gasteiger partial charge in [0.25, 0.3) is 0 Å². The van der Waals surface area contributed by atoms with Crippen LogP contribution in [0.15, 0.2) is 76.0 Å². The first-order chi connectivity index (χ1) is 18.8. The van der Waals surface area contributed by atoms with Crippen LogP contribution in [0.4, 0.5) is 5.69 Å². The molecule has 0 spiro atoms. The minimum absolute atomic E-state index is 0.0391. The first-order valence-corrected chi connectivity index (χ1v) is 14.0. The normalized spacial score (nSPS) is 14.3. The largest absolute Gasteiger partial charge is 0.495 e. The molecule has 0 amide bonds. The van der Waals surface area contributed by atoms with E-state index in [-0.39, 0.29) is 41.1 Å². The molecule has 11 heteroatoms. The second-order valence-corrected chi connectivity index (χ2v) is 11.1. The van der Waals surface area contributed by atoms with Crippen molar-refractivity contribution in [2.45, 2.75) is 4.90 Å². The van der Waals surface area contributed by atoms with Crippen molar-refractivity contribution >= 4 is 49.8 Å². The number of nitrogens with zero attached hydrogens (tertiary/aromatic N) is 1. The molecule has 0 unspecified atom stereocenters. The maximum Gasteiger partial charge on any atom is 0.243 e. The van der Waals surface area contributed by atoms with Crippen LogP contribution in [-0.2, 0) is 14.8 Å². The highest BCUT2D eigenvalue weighted by Gasteiger charge is 2.27. The van der Waals surface area contributed by atoms with Crippen LogP contribution in [0.25, 0.3) is 11.0 Å². The fraction of sp³-hybridized carbons (Fsp3) is 0.214. The molecule has 1 aliphatic rings. The Morgan fingerprint density at radius 1 is 1.00 bits per heavy atom. The third-order valence-corrected chi connectivity index (χ3v) is 8.63. The Morgan fingerprint density at radius 3 is 2.38 bits per heavy atom. The Balaban J connectivity index is 1.36. The molecule has 1 saturated heterocycles. The van der Waals surface area contributed by atoms with Crippen LogP contribution in [0.3, 0.4) is 0 Å². The summed E-state index contributed by atoms with van der Waals surface area (Å²) in [6.07, 6.45) is 0. The fourth-order valence-corrected chi connectivity index (χ4v) is 6.00. The number of ether oxygens (including phenoxy) is 2. The molecule has 5 rings (SSSR count). The Hall–Kier alpha value is -3.70. The van der Waals surface area contributed by atoms with Crippen LogP contribution in [0, 0.1) is 0 Å². The van der Waals surface area contributed by atoms with E-state index in [0.29, 0.717) is 46.7 Å². The molecule has 9 nitrogen and oxygen atoms in total. The van der Waals surface area contributed by atoms with Gasteiger partial charge < -0.3 is 19.2 Å². The maximum absolute atomic E-state index is 13.4. The third kappa shape index (κ3) is 5.41. The van der Waals surface area contributed by atoms with E-state index in [0.717, 1.165) is 0 Å². The van der Waals surface area contributed by atoms with Gasteiger partial charge in [-0.05, 0) is 54.6 Å². The Bertz CT molecular complexity index is 1640. The minimum Gasteiger partial charge on any atom is -0.495 e. The quantitative estimate of drug-likeness (QED) is 0.290. The second-order valence-electron chi connectivity index (χ2n) is 8.80. The molecule has 1 N–H and O–H groups in total. The van der Waals surface area contributed by atoms with Gasteiger partial charge in [0, 0.05) is 29.6 Å². The van der Waals surface area contributed by atoms with Crippen molar-refractivity contribution in [3.63, 3.8) is 0 Å². The van der Waals surface area contributed by atoms with Crippen LogP contribution in [-0.4, -0.2) is 64.2 Å². The summed E-state index contributed by atoms with van der Waals surface area (Å²) in [4.78, 5) is 26.5. The number of carbonyl (C=O) groups is 2. The van der Waals surface area contributed by atoms with Crippen LogP contribution in [0.2, 0.25) is 5.02 Å². The van der Waals surface area contributed by atoms with Gasteiger partial charge in [0.15, 0.2) is 11.5 Å². The second kappa shape index (κ2) is 11.2. The number of carbonyl (C=O) groups excluding carboxylic acids is 2. The van der Waals surface area contributed by atoms with E-state index in [2.05, 4.69) is 5.32 Å². The molecule has 0 aliphatic carbocycles. The highest BCUT2D eigenvalue weighted by atomic mass is 35.5. The number of hydrogen-bond acceptors (Lipinski definition) is 8. The van der Waals surface area contributed by atoms with Crippen LogP contribution < -0.4 is 10.1 Å². The first-order valence-electron chi connectivity index (χ1n) is 12.1. The average molecular weight is 569 g/mol. The topological polar surface area (TPSA) is 115 Å². The van der Waals surface area contributed by atoms with Gasteiger partial charge in [0.1, 0.15) is 11.3 Å². The molecule has 0 atom stereocenters. The van der Waals surface area contributed by atoms with Gasteiger partial charge in [-0.25, -0.2) is 8.42 Å². The number of ketones is 2. The molecular weight excluding hydrogens is 544 g/mol. The predicted molar refractivity (Wildman–Crippen MR) is 146 cm³/mol. The number of rotatable bonds is 9. The molecule has 39 heavy (non-hydrogen) atoms. The Labute approximate surface area is 230 Å². The number of morpholine rings is 1. The number of nitrogens with one attached hydrogen (secondary N) is 1. The molecule has 0 bridgehead atoms. The maximum atomic E-state index is 13.4. The number of furan rings is 1. The first kappa shape index (κ1) is 26.9. The van der Waals surface area contributed by atoms with Crippen molar-refractivity contribution in [1.29, 1.82) is 0 Å². The highest BCUT2D eigenvalue weighted by Crippen LogP contribution is 2.34. The van der Waals surface area contributed by atoms with Crippen molar-refractivity contribution < 1.29 is 31.9 Å². The Morgan fingerprint density at radius 2 is 1.69 bits per heavy atom. The molecule has 0 saturated carbocycles. The summed E-state index contributed by atoms with van der Waals surface area (Å²) in [5.41, 5.74) is 1.48. The molecule has 3 aromatic carbocycles. The number of anilines is 1. The van der Waals surface area contributed by atoms with Crippen molar-refractivity contribution in [1.82, 2.24) is 4.31 Å². The standard InChI is InChI=1S/C28H25ClN2O7S/c1-36-25-11-8-19(16-22(25)29)27(33)28-26(21-4-2-3-5-24(21)38-28)30-17-23(32)18-6-9-20(10-7-18)39(34,35)31-12-14-37-15-13-31/h2-11,16,30H,12-15,17H2,1H3. The lowest BCUT2D eigenvalue weighted by Crippen LogP contribution is -2.40. The minimum atomic E-state index is -3.67. The summed E-state index contributed by atoms with van der Waals surface area (Å²) in [6, 6.07) is 17.6. The molecular formula is C28H25ClN2O7S. The zero-order valence-electron chi connectivity index (χ0n) is 21.0. The summed E-state index contributed by atoms with van der Waals surface area (Å²) in [5, 5.41) is 3.98. The van der Waals surface area contributed by atoms with Crippen molar-refractivity contribution in [3.8, 4) is 5.75 Å². The van der Waals surface area contributed by atoms with Gasteiger partial charge in [-0.2, -0.15) is 4.31 Å². The van der Waals surface area contributed by atoms with Crippen LogP contribution in [0.1, 0.15) is 26.5 Å². The number of methoxy groups -OCH3 is 1. The zero-order chi connectivity index (χ0) is 27.6. The number of halogens is 1. The summed E-state index contributed by atoms with van der Waals surface area (Å²) in [5.74, 6) is -0.229. The number of para-hydroxylation sites is 1. The van der Waals surface area contributed by atoms with Gasteiger partial charge >= 0.3 is 0 Å². The highest BCUT2D eigenvalue weighted by molar-refractivity contribution is 7.89. The molecule has 4 aromatic rings. The van der Waals surface area contributed by atoms with E-state index >= 15 is 0 Å². The van der Waals surface area contributed by atoms with Gasteiger partial charge in [0.2, 0.25) is 15.8 Å². The molecule has 202 valence electrons. The monoisotopic (exact) mass is 568 g/mol. The average Bonchev–Trinajstić information content (AvgIpc) is 3.34. The number of hydrogen-bond donors (Lipinski definition) is 1. The molecule has 1 fully saturated rings. The molecule has 1 aliphatic heterocycles. The van der Waals surface area contributed by atoms with E-state index < -0.39 is 15.8 Å². The van der Waals surface area contributed by atoms with Gasteiger partial charge in [0.05, 0.1) is 42.5 Å². The van der Waals surface area contributed by atoms with Gasteiger partial charge in [-0.1, -0.05) is 23.7 Å². The number of fused-ring (bicyclic) bond motifs is 1. The number of sulfonamides is 1. The van der Waals surface area contributed by atoms with Crippen LogP contribution >= 0.6 is 11.6 Å². The van der Waals surface area contributed by atoms with Crippen molar-refractivity contribution in [2.75, 3.05) is 45.3 Å². The lowest BCUT2D eigenvalue weighted by Gasteiger charge is -2.26. The SMILES string of the molecule is COc1ccc(C(=O)c2oc3ccccc3c2NCC(=O)c2ccc(S(=O)(=O)N3CCOCC3)cc2)cc1Cl. The summed E-state index contributed by atoms with van der Waals surface area (Å²) in [7, 11) is -2.18. The van der Waals surface area contributed by atoms with E-state index in [4.69, 9.17) is 25.5 Å². The van der Waals surface area contributed by atoms with Gasteiger partial charge in [-0.15, -0.1) is 0 Å².